The number of benzene rings is 2. The van der Waals surface area contributed by atoms with Crippen LogP contribution in [0.25, 0.3) is 12.2 Å². The summed E-state index contributed by atoms with van der Waals surface area (Å²) in [5.41, 5.74) is 1.26. The molecule has 0 unspecified atom stereocenters. The van der Waals surface area contributed by atoms with Crippen LogP contribution >= 0.6 is 0 Å². The summed E-state index contributed by atoms with van der Waals surface area (Å²) in [5.74, 6) is -3.88. The van der Waals surface area contributed by atoms with E-state index in [0.29, 0.717) is 11.1 Å². The van der Waals surface area contributed by atoms with E-state index in [1.807, 2.05) is 0 Å². The van der Waals surface area contributed by atoms with Crippen LogP contribution in [0, 0.1) is 0 Å². The fourth-order valence-electron chi connectivity index (χ4n) is 4.30. The minimum Gasteiger partial charge on any atom is -0.467 e. The van der Waals surface area contributed by atoms with Gasteiger partial charge in [0.15, 0.2) is 18.3 Å². The molecule has 0 spiro atoms. The van der Waals surface area contributed by atoms with Crippen LogP contribution in [0.2, 0.25) is 0 Å². The van der Waals surface area contributed by atoms with Gasteiger partial charge in [-0.25, -0.2) is 4.79 Å². The lowest BCUT2D eigenvalue weighted by Gasteiger charge is -2.43. The van der Waals surface area contributed by atoms with E-state index < -0.39 is 66.5 Å². The van der Waals surface area contributed by atoms with E-state index in [9.17, 15) is 28.8 Å². The number of ether oxygens (including phenoxy) is 8. The Morgan fingerprint density at radius 1 is 0.600 bits per heavy atom. The lowest BCUT2D eigenvalue weighted by molar-refractivity contribution is -0.282. The summed E-state index contributed by atoms with van der Waals surface area (Å²) < 4.78 is 42.7. The second-order valence-electron chi connectivity index (χ2n) is 9.62. The zero-order chi connectivity index (χ0) is 33.3. The first-order chi connectivity index (χ1) is 21.2. The monoisotopic (exact) mass is 628 g/mol. The third-order valence-corrected chi connectivity index (χ3v) is 5.86. The van der Waals surface area contributed by atoms with Gasteiger partial charge in [0, 0.05) is 40.7 Å². The maximum Gasteiger partial charge on any atom is 0.339 e. The molecule has 0 N–H and O–H groups in total. The Bertz CT molecular complexity index is 1430. The van der Waals surface area contributed by atoms with Crippen LogP contribution in [-0.4, -0.2) is 73.6 Å². The van der Waals surface area contributed by atoms with E-state index in [2.05, 4.69) is 0 Å². The lowest BCUT2D eigenvalue weighted by Crippen LogP contribution is -2.64. The van der Waals surface area contributed by atoms with Gasteiger partial charge in [0.25, 0.3) is 0 Å². The third kappa shape index (κ3) is 10.2. The van der Waals surface area contributed by atoms with Crippen molar-refractivity contribution in [1.82, 2.24) is 0 Å². The zero-order valence-electron chi connectivity index (χ0n) is 25.3. The van der Waals surface area contributed by atoms with Crippen molar-refractivity contribution < 1.29 is 66.7 Å². The number of hydrogen-bond acceptors (Lipinski definition) is 14. The number of methoxy groups -OCH3 is 1. The molecule has 0 bridgehead atoms. The molecule has 14 heteroatoms. The molecule has 1 fully saturated rings. The van der Waals surface area contributed by atoms with Crippen molar-refractivity contribution in [2.75, 3.05) is 7.11 Å². The molecule has 1 saturated heterocycles. The molecular weight excluding hydrogens is 596 g/mol. The molecule has 5 atom stereocenters. The summed E-state index contributed by atoms with van der Waals surface area (Å²) in [6.07, 6.45) is -4.14. The molecule has 0 amide bonds. The highest BCUT2D eigenvalue weighted by atomic mass is 16.7. The van der Waals surface area contributed by atoms with Crippen molar-refractivity contribution in [3.63, 3.8) is 0 Å². The predicted octanol–water partition coefficient (Wildman–Crippen LogP) is 2.78. The number of carbonyl (C=O) groups is 6. The van der Waals surface area contributed by atoms with Crippen LogP contribution in [0.3, 0.4) is 0 Å². The summed E-state index contributed by atoms with van der Waals surface area (Å²) in [5, 5.41) is 0. The van der Waals surface area contributed by atoms with Gasteiger partial charge in [-0.3, -0.25) is 24.0 Å². The summed E-state index contributed by atoms with van der Waals surface area (Å²) in [6.45, 7) is 5.76. The van der Waals surface area contributed by atoms with Crippen molar-refractivity contribution in [3.8, 4) is 17.2 Å². The van der Waals surface area contributed by atoms with Gasteiger partial charge in [0.1, 0.15) is 17.2 Å². The minimum atomic E-state index is -1.60. The van der Waals surface area contributed by atoms with E-state index in [1.54, 1.807) is 48.6 Å². The molecule has 3 rings (SSSR count). The third-order valence-electron chi connectivity index (χ3n) is 5.86. The Morgan fingerprint density at radius 3 is 1.58 bits per heavy atom. The molecule has 14 nitrogen and oxygen atoms in total. The topological polar surface area (TPSA) is 176 Å². The quantitative estimate of drug-likeness (QED) is 0.162. The normalized spacial score (nSPS) is 20.8. The van der Waals surface area contributed by atoms with Gasteiger partial charge in [-0.15, -0.1) is 0 Å². The highest BCUT2D eigenvalue weighted by Gasteiger charge is 2.55. The van der Waals surface area contributed by atoms with Crippen LogP contribution in [-0.2, 0) is 52.5 Å². The summed E-state index contributed by atoms with van der Waals surface area (Å²) in [7, 11) is 1.08. The molecule has 0 aromatic heterocycles. The molecule has 2 aromatic rings. The molecule has 1 aliphatic heterocycles. The Labute approximate surface area is 258 Å². The SMILES string of the molecule is COC(=O)[C@H]1O[C@@H](Oc2ccc(/C=C/c3cc(OC(C)=O)cc(OC(C)=O)c3)cc2)[C@H](OC(C)=O)[C@@H](OC(C)=O)[C@@H]1OC(C)=O. The van der Waals surface area contributed by atoms with E-state index >= 15 is 0 Å². The Balaban J connectivity index is 1.88. The molecule has 1 heterocycles. The smallest absolute Gasteiger partial charge is 0.339 e. The first-order valence-corrected chi connectivity index (χ1v) is 13.5. The Morgan fingerprint density at radius 2 is 1.09 bits per heavy atom. The van der Waals surface area contributed by atoms with Crippen LogP contribution in [0.15, 0.2) is 42.5 Å². The molecule has 2 aromatic carbocycles. The van der Waals surface area contributed by atoms with Crippen molar-refractivity contribution >= 4 is 48.0 Å². The molecule has 0 radical (unpaired) electrons. The second-order valence-corrected chi connectivity index (χ2v) is 9.62. The number of hydrogen-bond donors (Lipinski definition) is 0. The second kappa shape index (κ2) is 15.5. The fraction of sp³-hybridized carbons (Fsp3) is 0.355. The van der Waals surface area contributed by atoms with Crippen LogP contribution in [0.5, 0.6) is 17.2 Å². The number of carbonyl (C=O) groups excluding carboxylic acids is 6. The van der Waals surface area contributed by atoms with Gasteiger partial charge in [-0.1, -0.05) is 24.3 Å². The minimum absolute atomic E-state index is 0.188. The average Bonchev–Trinajstić information content (AvgIpc) is 2.93. The standard InChI is InChI=1S/C31H32O14/c1-16(32)39-24-13-22(14-25(15-24)40-17(2)33)8-7-21-9-11-23(12-10-21)44-31-29(43-20(5)36)27(42-19(4)35)26(41-18(3)34)28(45-31)30(37)38-6/h7-15,26-29,31H,1-6H3/b8-7+/t26-,27-,28-,29+,31+/m0/s1. The molecule has 45 heavy (non-hydrogen) atoms. The van der Waals surface area contributed by atoms with Crippen LogP contribution in [0.4, 0.5) is 0 Å². The maximum atomic E-state index is 12.6. The highest BCUT2D eigenvalue weighted by Crippen LogP contribution is 2.32. The van der Waals surface area contributed by atoms with Gasteiger partial charge >= 0.3 is 35.8 Å². The van der Waals surface area contributed by atoms with Gasteiger partial charge in [-0.05, 0) is 35.4 Å². The molecule has 0 aliphatic carbocycles. The molecule has 0 saturated carbocycles. The lowest BCUT2D eigenvalue weighted by atomic mass is 9.97. The van der Waals surface area contributed by atoms with Gasteiger partial charge in [0.2, 0.25) is 12.4 Å². The van der Waals surface area contributed by atoms with Crippen molar-refractivity contribution in [2.24, 2.45) is 0 Å². The summed E-state index contributed by atoms with van der Waals surface area (Å²) >= 11 is 0. The van der Waals surface area contributed by atoms with E-state index in [4.69, 9.17) is 37.9 Å². The van der Waals surface area contributed by atoms with Crippen molar-refractivity contribution in [1.29, 1.82) is 0 Å². The first-order valence-electron chi connectivity index (χ1n) is 13.5. The summed E-state index contributed by atoms with van der Waals surface area (Å²) in [4.78, 5) is 71.2. The fourth-order valence-corrected chi connectivity index (χ4v) is 4.30. The molecule has 1 aliphatic rings. The Kier molecular flexibility index (Phi) is 11.8. The number of esters is 6. The van der Waals surface area contributed by atoms with E-state index in [0.717, 1.165) is 27.9 Å². The zero-order valence-corrected chi connectivity index (χ0v) is 25.3. The van der Waals surface area contributed by atoms with Gasteiger partial charge < -0.3 is 37.9 Å². The maximum absolute atomic E-state index is 12.6. The first kappa shape index (κ1) is 34.3. The largest absolute Gasteiger partial charge is 0.467 e. The van der Waals surface area contributed by atoms with Gasteiger partial charge in [0.05, 0.1) is 7.11 Å². The highest BCUT2D eigenvalue weighted by molar-refractivity contribution is 5.77. The van der Waals surface area contributed by atoms with Crippen molar-refractivity contribution in [2.45, 2.75) is 65.3 Å². The predicted molar refractivity (Wildman–Crippen MR) is 152 cm³/mol. The molecule has 240 valence electrons. The van der Waals surface area contributed by atoms with Crippen LogP contribution in [0.1, 0.15) is 45.7 Å². The van der Waals surface area contributed by atoms with Crippen LogP contribution < -0.4 is 14.2 Å². The van der Waals surface area contributed by atoms with Crippen molar-refractivity contribution in [3.05, 3.63) is 53.6 Å². The summed E-state index contributed by atoms with van der Waals surface area (Å²) in [6, 6.07) is 11.0. The van der Waals surface area contributed by atoms with Gasteiger partial charge in [-0.2, -0.15) is 0 Å². The van der Waals surface area contributed by atoms with E-state index in [1.165, 1.54) is 19.9 Å². The van der Waals surface area contributed by atoms with E-state index in [-0.39, 0.29) is 17.2 Å². The molecular formula is C31H32O14. The average molecular weight is 629 g/mol. The Hall–Kier alpha value is -5.24. The number of rotatable bonds is 10.